The summed E-state index contributed by atoms with van der Waals surface area (Å²) in [6.07, 6.45) is -2.67. The Balaban J connectivity index is 1.99. The molecule has 1 heterocycles. The number of ether oxygens (including phenoxy) is 2. The third-order valence-corrected chi connectivity index (χ3v) is 6.84. The van der Waals surface area contributed by atoms with E-state index in [0.717, 1.165) is 17.4 Å². The van der Waals surface area contributed by atoms with Crippen molar-refractivity contribution in [2.24, 2.45) is 5.73 Å². The van der Waals surface area contributed by atoms with E-state index in [0.29, 0.717) is 17.9 Å². The van der Waals surface area contributed by atoms with Crippen LogP contribution >= 0.6 is 11.3 Å². The SMILES string of the molecule is COc1ccc(F)c([C@H](N)Nc2cc(F)c(S(=O)(=O)N(C(=O)OC(C)(C)C)c3cscn3)c(F)c2)c1. The minimum absolute atomic E-state index is 0.0634. The van der Waals surface area contributed by atoms with Crippen molar-refractivity contribution in [2.75, 3.05) is 16.7 Å². The number of hydrogen-bond acceptors (Lipinski definition) is 9. The first-order valence-electron chi connectivity index (χ1n) is 10.3. The molecule has 0 saturated carbocycles. The minimum Gasteiger partial charge on any atom is -0.497 e. The van der Waals surface area contributed by atoms with Crippen molar-refractivity contribution in [2.45, 2.75) is 37.4 Å². The maximum atomic E-state index is 15.1. The van der Waals surface area contributed by atoms with Crippen molar-refractivity contribution in [1.29, 1.82) is 0 Å². The van der Waals surface area contributed by atoms with E-state index >= 15 is 8.78 Å². The van der Waals surface area contributed by atoms with Gasteiger partial charge in [-0.25, -0.2) is 31.4 Å². The Hall–Kier alpha value is -3.36. The van der Waals surface area contributed by atoms with Crippen LogP contribution in [0.3, 0.4) is 0 Å². The van der Waals surface area contributed by atoms with Gasteiger partial charge in [0.15, 0.2) is 10.7 Å². The van der Waals surface area contributed by atoms with Crippen LogP contribution in [0, 0.1) is 17.5 Å². The highest BCUT2D eigenvalue weighted by molar-refractivity contribution is 7.93. The quantitative estimate of drug-likeness (QED) is 0.408. The largest absolute Gasteiger partial charge is 0.497 e. The maximum absolute atomic E-state index is 15.1. The molecule has 3 rings (SSSR count). The number of nitrogens with zero attached hydrogens (tertiary/aromatic N) is 2. The van der Waals surface area contributed by atoms with Crippen molar-refractivity contribution in [3.05, 3.63) is 64.2 Å². The molecule has 3 N–H and O–H groups in total. The van der Waals surface area contributed by atoms with E-state index < -0.39 is 56.0 Å². The summed E-state index contributed by atoms with van der Waals surface area (Å²) in [5.74, 6) is -3.86. The third kappa shape index (κ3) is 5.88. The monoisotopic (exact) mass is 544 g/mol. The van der Waals surface area contributed by atoms with E-state index in [1.54, 1.807) is 0 Å². The Labute approximate surface area is 209 Å². The second kappa shape index (κ2) is 10.3. The number of nitrogens with two attached hydrogens (primary N) is 1. The van der Waals surface area contributed by atoms with Crippen LogP contribution in [0.15, 0.2) is 46.1 Å². The highest BCUT2D eigenvalue weighted by Gasteiger charge is 2.39. The molecule has 0 aliphatic carbocycles. The summed E-state index contributed by atoms with van der Waals surface area (Å²) < 4.78 is 81.1. The van der Waals surface area contributed by atoms with Gasteiger partial charge in [0.1, 0.15) is 35.0 Å². The highest BCUT2D eigenvalue weighted by Crippen LogP contribution is 2.32. The van der Waals surface area contributed by atoms with Gasteiger partial charge in [-0.2, -0.15) is 0 Å². The number of aromatic nitrogens is 1. The molecule has 36 heavy (non-hydrogen) atoms. The van der Waals surface area contributed by atoms with E-state index in [1.807, 2.05) is 0 Å². The van der Waals surface area contributed by atoms with Crippen LogP contribution in [-0.2, 0) is 14.8 Å². The van der Waals surface area contributed by atoms with Crippen LogP contribution in [0.2, 0.25) is 0 Å². The molecule has 1 amide bonds. The molecule has 14 heteroatoms. The van der Waals surface area contributed by atoms with E-state index in [-0.39, 0.29) is 15.6 Å². The Morgan fingerprint density at radius 1 is 1.14 bits per heavy atom. The van der Waals surface area contributed by atoms with Gasteiger partial charge in [-0.05, 0) is 51.1 Å². The van der Waals surface area contributed by atoms with Gasteiger partial charge in [-0.15, -0.1) is 15.6 Å². The molecule has 1 atom stereocenters. The number of hydrogen-bond donors (Lipinski definition) is 2. The van der Waals surface area contributed by atoms with E-state index in [9.17, 15) is 17.6 Å². The molecule has 0 spiro atoms. The number of nitrogens with one attached hydrogen (secondary N) is 1. The number of thiazole rings is 1. The summed E-state index contributed by atoms with van der Waals surface area (Å²) >= 11 is 0.958. The van der Waals surface area contributed by atoms with Crippen LogP contribution in [0.25, 0.3) is 0 Å². The van der Waals surface area contributed by atoms with Gasteiger partial charge in [0.25, 0.3) is 10.0 Å². The van der Waals surface area contributed by atoms with Gasteiger partial charge in [-0.3, -0.25) is 0 Å². The molecule has 0 bridgehead atoms. The smallest absolute Gasteiger partial charge is 0.430 e. The predicted molar refractivity (Wildman–Crippen MR) is 128 cm³/mol. The molecule has 0 aliphatic rings. The fraction of sp³-hybridized carbons (Fsp3) is 0.273. The maximum Gasteiger partial charge on any atom is 0.430 e. The van der Waals surface area contributed by atoms with Gasteiger partial charge in [-0.1, -0.05) is 0 Å². The van der Waals surface area contributed by atoms with Crippen LogP contribution in [0.4, 0.5) is 29.5 Å². The first kappa shape index (κ1) is 27.2. The molecule has 194 valence electrons. The lowest BCUT2D eigenvalue weighted by Gasteiger charge is -2.26. The zero-order valence-corrected chi connectivity index (χ0v) is 21.2. The minimum atomic E-state index is -5.15. The third-order valence-electron chi connectivity index (χ3n) is 4.54. The number of carbonyl (C=O) groups excluding carboxylic acids is 1. The summed E-state index contributed by atoms with van der Waals surface area (Å²) in [7, 11) is -3.79. The standard InChI is InChI=1S/C22H23F3N4O5S2/c1-22(2,3)34-21(30)29(18-10-35-11-27-18)36(31,32)19-16(24)7-12(8-17(19)25)28-20(26)14-9-13(33-4)5-6-15(14)23/h5-11,20,28H,26H2,1-4H3/t20-/m1/s1. The fourth-order valence-corrected chi connectivity index (χ4v) is 5.01. The number of benzene rings is 2. The molecular formula is C22H23F3N4O5S2. The number of amides is 1. The average molecular weight is 545 g/mol. The molecule has 0 unspecified atom stereocenters. The zero-order valence-electron chi connectivity index (χ0n) is 19.6. The number of halogens is 3. The lowest BCUT2D eigenvalue weighted by atomic mass is 10.1. The van der Waals surface area contributed by atoms with Gasteiger partial charge < -0.3 is 20.5 Å². The lowest BCUT2D eigenvalue weighted by molar-refractivity contribution is 0.0608. The number of methoxy groups -OCH3 is 1. The van der Waals surface area contributed by atoms with Gasteiger partial charge in [0, 0.05) is 16.6 Å². The zero-order chi connectivity index (χ0) is 26.8. The van der Waals surface area contributed by atoms with Crippen LogP contribution in [-0.4, -0.2) is 32.2 Å². The average Bonchev–Trinajstić information content (AvgIpc) is 3.25. The molecule has 1 aromatic heterocycles. The molecule has 2 aromatic carbocycles. The Morgan fingerprint density at radius 3 is 2.31 bits per heavy atom. The summed E-state index contributed by atoms with van der Waals surface area (Å²) in [4.78, 5) is 15.1. The molecular weight excluding hydrogens is 521 g/mol. The second-order valence-electron chi connectivity index (χ2n) is 8.37. The topological polar surface area (TPSA) is 124 Å². The number of rotatable bonds is 7. The summed E-state index contributed by atoms with van der Waals surface area (Å²) in [6, 6.07) is 5.08. The lowest BCUT2D eigenvalue weighted by Crippen LogP contribution is -2.41. The molecule has 0 radical (unpaired) electrons. The van der Waals surface area contributed by atoms with E-state index in [2.05, 4.69) is 10.3 Å². The molecule has 0 saturated heterocycles. The summed E-state index contributed by atoms with van der Waals surface area (Å²) in [5.41, 5.74) is 5.72. The van der Waals surface area contributed by atoms with E-state index in [1.165, 1.54) is 50.9 Å². The Morgan fingerprint density at radius 2 is 1.78 bits per heavy atom. The molecule has 0 fully saturated rings. The molecule has 3 aromatic rings. The first-order valence-corrected chi connectivity index (χ1v) is 12.6. The number of anilines is 2. The normalized spacial score (nSPS) is 12.7. The van der Waals surface area contributed by atoms with Crippen molar-refractivity contribution in [1.82, 2.24) is 4.98 Å². The van der Waals surface area contributed by atoms with Gasteiger partial charge in [0.05, 0.1) is 12.6 Å². The summed E-state index contributed by atoms with van der Waals surface area (Å²) in [6.45, 7) is 4.48. The Kier molecular flexibility index (Phi) is 7.81. The molecule has 9 nitrogen and oxygen atoms in total. The second-order valence-corrected chi connectivity index (χ2v) is 10.8. The van der Waals surface area contributed by atoms with Crippen LogP contribution in [0.1, 0.15) is 32.5 Å². The first-order chi connectivity index (χ1) is 16.7. The number of sulfonamides is 1. The van der Waals surface area contributed by atoms with Crippen molar-refractivity contribution in [3.8, 4) is 5.75 Å². The Bertz CT molecular complexity index is 1340. The van der Waals surface area contributed by atoms with Crippen molar-refractivity contribution in [3.63, 3.8) is 0 Å². The van der Waals surface area contributed by atoms with Crippen molar-refractivity contribution < 1.29 is 35.9 Å². The van der Waals surface area contributed by atoms with Crippen molar-refractivity contribution >= 4 is 39.0 Å². The highest BCUT2D eigenvalue weighted by atomic mass is 32.2. The van der Waals surface area contributed by atoms with Crippen LogP contribution in [0.5, 0.6) is 5.75 Å². The van der Waals surface area contributed by atoms with E-state index in [4.69, 9.17) is 15.2 Å². The fourth-order valence-electron chi connectivity index (χ4n) is 3.05. The van der Waals surface area contributed by atoms with Gasteiger partial charge in [0.2, 0.25) is 0 Å². The summed E-state index contributed by atoms with van der Waals surface area (Å²) in [5, 5.41) is 3.72. The van der Waals surface area contributed by atoms with Gasteiger partial charge >= 0.3 is 6.09 Å². The number of carbonyl (C=O) groups is 1. The molecule has 0 aliphatic heterocycles. The van der Waals surface area contributed by atoms with Crippen LogP contribution < -0.4 is 20.1 Å². The predicted octanol–water partition coefficient (Wildman–Crippen LogP) is 4.77.